The molecule has 0 saturated carbocycles. The second-order valence-electron chi connectivity index (χ2n) is 4.73. The van der Waals surface area contributed by atoms with Crippen LogP contribution in [0.25, 0.3) is 0 Å². The Morgan fingerprint density at radius 3 is 2.25 bits per heavy atom. The highest BCUT2D eigenvalue weighted by atomic mass is 19.4. The van der Waals surface area contributed by atoms with Gasteiger partial charge in [-0.15, -0.1) is 0 Å². The van der Waals surface area contributed by atoms with Crippen LogP contribution in [0.5, 0.6) is 0 Å². The molecule has 0 aromatic heterocycles. The molecule has 1 aromatic carbocycles. The maximum Gasteiger partial charge on any atom is 0.416 e. The molecular formula is C15H19F3N2O4. The number of halogens is 3. The van der Waals surface area contributed by atoms with E-state index in [0.29, 0.717) is 13.2 Å². The Bertz CT molecular complexity index is 533. The summed E-state index contributed by atoms with van der Waals surface area (Å²) in [5.41, 5.74) is -0.711. The molecule has 6 nitrogen and oxygen atoms in total. The van der Waals surface area contributed by atoms with E-state index in [-0.39, 0.29) is 31.2 Å². The summed E-state index contributed by atoms with van der Waals surface area (Å²) in [5.74, 6) is -0.857. The largest absolute Gasteiger partial charge is 0.416 e. The van der Waals surface area contributed by atoms with Crippen LogP contribution in [-0.2, 0) is 20.4 Å². The van der Waals surface area contributed by atoms with Crippen molar-refractivity contribution in [3.05, 3.63) is 35.4 Å². The number of benzene rings is 1. The van der Waals surface area contributed by atoms with E-state index in [1.165, 1.54) is 7.11 Å². The second-order valence-corrected chi connectivity index (χ2v) is 4.73. The molecule has 1 aromatic rings. The molecule has 0 radical (unpaired) electrons. The summed E-state index contributed by atoms with van der Waals surface area (Å²) >= 11 is 0. The van der Waals surface area contributed by atoms with Crippen molar-refractivity contribution >= 4 is 11.8 Å². The minimum absolute atomic E-state index is 0.109. The first kappa shape index (κ1) is 19.9. The van der Waals surface area contributed by atoms with Gasteiger partial charge in [-0.3, -0.25) is 9.59 Å². The molecule has 0 unspecified atom stereocenters. The number of hydrogen-bond donors (Lipinski definition) is 2. The molecule has 24 heavy (non-hydrogen) atoms. The zero-order valence-corrected chi connectivity index (χ0v) is 13.1. The second kappa shape index (κ2) is 9.89. The lowest BCUT2D eigenvalue weighted by molar-refractivity contribution is -0.137. The Kier molecular flexibility index (Phi) is 8.20. The summed E-state index contributed by atoms with van der Waals surface area (Å²) in [4.78, 5) is 23.1. The zero-order valence-electron chi connectivity index (χ0n) is 13.1. The minimum atomic E-state index is -4.44. The van der Waals surface area contributed by atoms with Gasteiger partial charge in [0.05, 0.1) is 18.8 Å². The third-order valence-electron chi connectivity index (χ3n) is 2.87. The van der Waals surface area contributed by atoms with Crippen LogP contribution in [0.4, 0.5) is 13.2 Å². The van der Waals surface area contributed by atoms with Crippen molar-refractivity contribution in [2.45, 2.75) is 6.18 Å². The number of amides is 2. The van der Waals surface area contributed by atoms with Gasteiger partial charge in [0.1, 0.15) is 6.61 Å². The molecule has 2 amide bonds. The molecule has 0 bridgehead atoms. The molecule has 9 heteroatoms. The number of carbonyl (C=O) groups excluding carboxylic acids is 2. The van der Waals surface area contributed by atoms with Crippen LogP contribution in [-0.4, -0.2) is 51.8 Å². The number of carbonyl (C=O) groups is 2. The van der Waals surface area contributed by atoms with Crippen molar-refractivity contribution in [3.8, 4) is 0 Å². The lowest BCUT2D eigenvalue weighted by atomic mass is 10.1. The third-order valence-corrected chi connectivity index (χ3v) is 2.87. The smallest absolute Gasteiger partial charge is 0.382 e. The van der Waals surface area contributed by atoms with Gasteiger partial charge in [-0.2, -0.15) is 13.2 Å². The van der Waals surface area contributed by atoms with Gasteiger partial charge < -0.3 is 20.1 Å². The summed E-state index contributed by atoms with van der Waals surface area (Å²) in [6, 6.07) is 3.88. The van der Waals surface area contributed by atoms with Crippen molar-refractivity contribution in [2.24, 2.45) is 0 Å². The number of ether oxygens (including phenoxy) is 2. The highest BCUT2D eigenvalue weighted by molar-refractivity contribution is 5.94. The van der Waals surface area contributed by atoms with Gasteiger partial charge in [0.15, 0.2) is 0 Å². The molecule has 0 aliphatic heterocycles. The van der Waals surface area contributed by atoms with Gasteiger partial charge in [-0.1, -0.05) is 0 Å². The van der Waals surface area contributed by atoms with E-state index in [0.717, 1.165) is 24.3 Å². The summed E-state index contributed by atoms with van der Waals surface area (Å²) in [7, 11) is 1.52. The average Bonchev–Trinajstić information content (AvgIpc) is 2.55. The van der Waals surface area contributed by atoms with Crippen molar-refractivity contribution in [2.75, 3.05) is 40.0 Å². The molecule has 0 saturated heterocycles. The maximum atomic E-state index is 12.4. The lowest BCUT2D eigenvalue weighted by Gasteiger charge is -2.09. The Balaban J connectivity index is 2.25. The molecule has 2 N–H and O–H groups in total. The topological polar surface area (TPSA) is 76.7 Å². The number of alkyl halides is 3. The van der Waals surface area contributed by atoms with Crippen LogP contribution in [0, 0.1) is 0 Å². The lowest BCUT2D eigenvalue weighted by Crippen LogP contribution is -2.36. The van der Waals surface area contributed by atoms with E-state index in [1.807, 2.05) is 0 Å². The maximum absolute atomic E-state index is 12.4. The van der Waals surface area contributed by atoms with E-state index in [1.54, 1.807) is 0 Å². The van der Waals surface area contributed by atoms with Crippen molar-refractivity contribution in [3.63, 3.8) is 0 Å². The highest BCUT2D eigenvalue weighted by Crippen LogP contribution is 2.28. The third kappa shape index (κ3) is 7.42. The number of methoxy groups -OCH3 is 1. The Morgan fingerprint density at radius 1 is 1.04 bits per heavy atom. The van der Waals surface area contributed by atoms with Crippen LogP contribution < -0.4 is 10.6 Å². The quantitative estimate of drug-likeness (QED) is 0.658. The van der Waals surface area contributed by atoms with Crippen LogP contribution in [0.3, 0.4) is 0 Å². The molecule has 0 aliphatic carbocycles. The molecule has 134 valence electrons. The summed E-state index contributed by atoms with van der Waals surface area (Å²) in [6.45, 7) is 0.893. The zero-order chi connectivity index (χ0) is 18.0. The predicted molar refractivity (Wildman–Crippen MR) is 79.5 cm³/mol. The Hall–Kier alpha value is -2.13. The molecule has 0 aliphatic rings. The van der Waals surface area contributed by atoms with Crippen molar-refractivity contribution in [1.82, 2.24) is 10.6 Å². The number of nitrogens with one attached hydrogen (secondary N) is 2. The summed E-state index contributed by atoms with van der Waals surface area (Å²) in [5, 5.41) is 5.02. The predicted octanol–water partition coefficient (Wildman–Crippen LogP) is 1.21. The normalized spacial score (nSPS) is 11.2. The summed E-state index contributed by atoms with van der Waals surface area (Å²) in [6.07, 6.45) is -4.44. The van der Waals surface area contributed by atoms with Crippen LogP contribution in [0.2, 0.25) is 0 Å². The molecule has 0 fully saturated rings. The minimum Gasteiger partial charge on any atom is -0.382 e. The van der Waals surface area contributed by atoms with Gasteiger partial charge in [0.25, 0.3) is 5.91 Å². The van der Waals surface area contributed by atoms with E-state index >= 15 is 0 Å². The molecule has 0 spiro atoms. The molecule has 1 rings (SSSR count). The SMILES string of the molecule is COCCOCC(=O)NCCNC(=O)c1ccc(C(F)(F)F)cc1. The molecular weight excluding hydrogens is 329 g/mol. The van der Waals surface area contributed by atoms with Crippen LogP contribution in [0.15, 0.2) is 24.3 Å². The Morgan fingerprint density at radius 2 is 1.67 bits per heavy atom. The van der Waals surface area contributed by atoms with Gasteiger partial charge in [0, 0.05) is 25.8 Å². The van der Waals surface area contributed by atoms with Crippen LogP contribution >= 0.6 is 0 Å². The summed E-state index contributed by atoms with van der Waals surface area (Å²) < 4.78 is 47.0. The Labute approximate surface area is 137 Å². The average molecular weight is 348 g/mol. The van der Waals surface area contributed by atoms with E-state index in [9.17, 15) is 22.8 Å². The fourth-order valence-electron chi connectivity index (χ4n) is 1.65. The molecule has 0 heterocycles. The first-order chi connectivity index (χ1) is 11.3. The van der Waals surface area contributed by atoms with E-state index < -0.39 is 17.6 Å². The van der Waals surface area contributed by atoms with Crippen molar-refractivity contribution < 1.29 is 32.2 Å². The van der Waals surface area contributed by atoms with Gasteiger partial charge in [-0.25, -0.2) is 0 Å². The standard InChI is InChI=1S/C15H19F3N2O4/c1-23-8-9-24-10-13(21)19-6-7-20-14(22)11-2-4-12(5-3-11)15(16,17)18/h2-5H,6-10H2,1H3,(H,19,21)(H,20,22). The van der Waals surface area contributed by atoms with Crippen LogP contribution in [0.1, 0.15) is 15.9 Å². The first-order valence-electron chi connectivity index (χ1n) is 7.13. The number of hydrogen-bond acceptors (Lipinski definition) is 4. The number of rotatable bonds is 9. The highest BCUT2D eigenvalue weighted by Gasteiger charge is 2.30. The van der Waals surface area contributed by atoms with Gasteiger partial charge in [-0.05, 0) is 24.3 Å². The van der Waals surface area contributed by atoms with Crippen molar-refractivity contribution in [1.29, 1.82) is 0 Å². The monoisotopic (exact) mass is 348 g/mol. The fourth-order valence-corrected chi connectivity index (χ4v) is 1.65. The van der Waals surface area contributed by atoms with Gasteiger partial charge in [0.2, 0.25) is 5.91 Å². The molecule has 0 atom stereocenters. The van der Waals surface area contributed by atoms with E-state index in [4.69, 9.17) is 9.47 Å². The van der Waals surface area contributed by atoms with E-state index in [2.05, 4.69) is 10.6 Å². The first-order valence-corrected chi connectivity index (χ1v) is 7.13. The fraction of sp³-hybridized carbons (Fsp3) is 0.467. The van der Waals surface area contributed by atoms with Gasteiger partial charge >= 0.3 is 6.18 Å².